The van der Waals surface area contributed by atoms with Crippen LogP contribution in [0.3, 0.4) is 0 Å². The van der Waals surface area contributed by atoms with E-state index in [1.54, 1.807) is 5.57 Å². The SMILES string of the molecule is CC(C)CCC[C@@H](C)[C@H]1CC[C@H]2[C@@H]3CC=C4C[C@@H](O)CC[C@]4(C)[C@H]3CC[C@]12C.N[C@@H](CCS)C(=O)O. The van der Waals surface area contributed by atoms with E-state index < -0.39 is 12.0 Å². The summed E-state index contributed by atoms with van der Waals surface area (Å²) in [6.45, 7) is 12.6. The van der Waals surface area contributed by atoms with E-state index >= 15 is 0 Å². The zero-order valence-electron chi connectivity index (χ0n) is 23.7. The number of hydrogen-bond donors (Lipinski definition) is 4. The average Bonchev–Trinajstić information content (AvgIpc) is 3.17. The van der Waals surface area contributed by atoms with E-state index in [4.69, 9.17) is 10.8 Å². The molecule has 36 heavy (non-hydrogen) atoms. The van der Waals surface area contributed by atoms with Crippen LogP contribution in [0, 0.1) is 46.3 Å². The van der Waals surface area contributed by atoms with Crippen LogP contribution in [-0.4, -0.2) is 34.1 Å². The number of carboxylic acids is 1. The lowest BCUT2D eigenvalue weighted by atomic mass is 9.47. The van der Waals surface area contributed by atoms with E-state index in [2.05, 4.69) is 53.3 Å². The van der Waals surface area contributed by atoms with E-state index in [0.717, 1.165) is 48.3 Å². The van der Waals surface area contributed by atoms with E-state index in [1.165, 1.54) is 57.8 Å². The summed E-state index contributed by atoms with van der Waals surface area (Å²) in [6.07, 6.45) is 17.6. The molecule has 0 heterocycles. The van der Waals surface area contributed by atoms with Crippen molar-refractivity contribution in [1.82, 2.24) is 0 Å². The summed E-state index contributed by atoms with van der Waals surface area (Å²) in [5, 5.41) is 18.4. The predicted octanol–water partition coefficient (Wildman–Crippen LogP) is 7.11. The molecule has 4 rings (SSSR count). The highest BCUT2D eigenvalue weighted by atomic mass is 32.1. The second-order valence-electron chi connectivity index (χ2n) is 13.6. The lowest BCUT2D eigenvalue weighted by Gasteiger charge is -2.58. The molecule has 0 aromatic rings. The van der Waals surface area contributed by atoms with Gasteiger partial charge < -0.3 is 15.9 Å². The fourth-order valence-corrected chi connectivity index (χ4v) is 9.21. The van der Waals surface area contributed by atoms with Crippen LogP contribution in [0.15, 0.2) is 11.6 Å². The van der Waals surface area contributed by atoms with Gasteiger partial charge in [-0.15, -0.1) is 0 Å². The highest BCUT2D eigenvalue weighted by Gasteiger charge is 2.59. The molecule has 3 fully saturated rings. The molecule has 0 aliphatic heterocycles. The first kappa shape index (κ1) is 30.0. The smallest absolute Gasteiger partial charge is 0.320 e. The number of carboxylic acid groups (broad SMARTS) is 1. The Kier molecular flexibility index (Phi) is 10.5. The first-order valence-corrected chi connectivity index (χ1v) is 15.5. The Morgan fingerprint density at radius 1 is 1.08 bits per heavy atom. The van der Waals surface area contributed by atoms with E-state index in [-0.39, 0.29) is 6.10 Å². The number of rotatable bonds is 8. The predicted molar refractivity (Wildman–Crippen MR) is 153 cm³/mol. The Morgan fingerprint density at radius 2 is 1.81 bits per heavy atom. The van der Waals surface area contributed by atoms with Gasteiger partial charge in [0.1, 0.15) is 6.04 Å². The van der Waals surface area contributed by atoms with Crippen molar-refractivity contribution in [2.45, 2.75) is 124 Å². The molecular weight excluding hydrogens is 466 g/mol. The Morgan fingerprint density at radius 3 is 2.42 bits per heavy atom. The molecule has 9 atom stereocenters. The zero-order valence-corrected chi connectivity index (χ0v) is 24.6. The molecular formula is C31H55NO3S. The van der Waals surface area contributed by atoms with Gasteiger partial charge in [-0.1, -0.05) is 65.5 Å². The minimum absolute atomic E-state index is 0.0766. The lowest BCUT2D eigenvalue weighted by molar-refractivity contribution is -0.138. The highest BCUT2D eigenvalue weighted by molar-refractivity contribution is 7.80. The summed E-state index contributed by atoms with van der Waals surface area (Å²) < 4.78 is 0. The number of carbonyl (C=O) groups is 1. The summed E-state index contributed by atoms with van der Waals surface area (Å²) in [4.78, 5) is 9.93. The standard InChI is InChI=1S/C27H46O.C4H9NO2S/c1-18(2)7-6-8-19(3)23-11-12-24-22-10-9-20-17-21(28)13-15-26(20,4)25(22)14-16-27(23,24)5;5-3(1-2-8)4(6)7/h9,18-19,21-25,28H,6-8,10-17H2,1-5H3;3,8H,1-2,5H2,(H,6,7)/t19-,21+,22+,23-,24+,25+,26+,27-;3-/m10/s1. The van der Waals surface area contributed by atoms with Crippen molar-refractivity contribution in [3.8, 4) is 0 Å². The third-order valence-electron chi connectivity index (χ3n) is 11.0. The molecule has 0 aromatic heterocycles. The van der Waals surface area contributed by atoms with Crippen LogP contribution in [0.5, 0.6) is 0 Å². The monoisotopic (exact) mass is 521 g/mol. The average molecular weight is 522 g/mol. The van der Waals surface area contributed by atoms with Crippen molar-refractivity contribution in [2.75, 3.05) is 5.75 Å². The van der Waals surface area contributed by atoms with Crippen molar-refractivity contribution < 1.29 is 15.0 Å². The van der Waals surface area contributed by atoms with Gasteiger partial charge in [-0.05, 0) is 110 Å². The van der Waals surface area contributed by atoms with Gasteiger partial charge in [0.05, 0.1) is 6.10 Å². The van der Waals surface area contributed by atoms with Crippen molar-refractivity contribution in [1.29, 1.82) is 0 Å². The first-order chi connectivity index (χ1) is 16.9. The molecule has 3 saturated carbocycles. The Labute approximate surface area is 226 Å². The molecule has 0 bridgehead atoms. The molecule has 0 unspecified atom stereocenters. The Bertz CT molecular complexity index is 769. The second-order valence-corrected chi connectivity index (χ2v) is 14.1. The number of allylic oxidation sites excluding steroid dienone is 1. The van der Waals surface area contributed by atoms with Crippen molar-refractivity contribution in [3.63, 3.8) is 0 Å². The molecule has 4 N–H and O–H groups in total. The lowest BCUT2D eigenvalue weighted by Crippen LogP contribution is -2.50. The maximum Gasteiger partial charge on any atom is 0.320 e. The number of nitrogens with two attached hydrogens (primary N) is 1. The van der Waals surface area contributed by atoms with Gasteiger partial charge in [0, 0.05) is 0 Å². The number of thiol groups is 1. The summed E-state index contributed by atoms with van der Waals surface area (Å²) in [6, 6.07) is -0.743. The number of aliphatic hydroxyl groups is 1. The fourth-order valence-electron chi connectivity index (χ4n) is 8.93. The minimum atomic E-state index is -0.959. The highest BCUT2D eigenvalue weighted by Crippen LogP contribution is 2.67. The van der Waals surface area contributed by atoms with Gasteiger partial charge in [0.2, 0.25) is 0 Å². The Balaban J connectivity index is 0.000000392. The van der Waals surface area contributed by atoms with Crippen LogP contribution >= 0.6 is 12.6 Å². The zero-order chi connectivity index (χ0) is 26.7. The fraction of sp³-hybridized carbons (Fsp3) is 0.903. The van der Waals surface area contributed by atoms with E-state index in [9.17, 15) is 9.90 Å². The van der Waals surface area contributed by atoms with Gasteiger partial charge in [-0.3, -0.25) is 4.79 Å². The summed E-state index contributed by atoms with van der Waals surface area (Å²) in [7, 11) is 0. The third kappa shape index (κ3) is 6.37. The molecule has 0 radical (unpaired) electrons. The maximum atomic E-state index is 10.2. The van der Waals surface area contributed by atoms with Crippen molar-refractivity contribution in [3.05, 3.63) is 11.6 Å². The van der Waals surface area contributed by atoms with E-state index in [0.29, 0.717) is 23.0 Å². The van der Waals surface area contributed by atoms with Crippen molar-refractivity contribution >= 4 is 18.6 Å². The molecule has 4 aliphatic carbocycles. The Hall–Kier alpha value is -0.520. The van der Waals surface area contributed by atoms with Crippen LogP contribution < -0.4 is 5.73 Å². The number of fused-ring (bicyclic) bond motifs is 5. The molecule has 0 amide bonds. The summed E-state index contributed by atoms with van der Waals surface area (Å²) in [5.41, 5.74) is 7.68. The molecule has 0 aromatic carbocycles. The molecule has 4 aliphatic rings. The molecule has 0 spiro atoms. The van der Waals surface area contributed by atoms with Gasteiger partial charge in [0.25, 0.3) is 0 Å². The van der Waals surface area contributed by atoms with Crippen LogP contribution in [-0.2, 0) is 4.79 Å². The quantitative estimate of drug-likeness (QED) is 0.203. The topological polar surface area (TPSA) is 83.5 Å². The summed E-state index contributed by atoms with van der Waals surface area (Å²) in [5.74, 6) is 5.02. The van der Waals surface area contributed by atoms with E-state index in [1.807, 2.05) is 0 Å². The molecule has 208 valence electrons. The molecule has 4 nitrogen and oxygen atoms in total. The third-order valence-corrected chi connectivity index (χ3v) is 11.3. The first-order valence-electron chi connectivity index (χ1n) is 14.9. The van der Waals surface area contributed by atoms with Gasteiger partial charge >= 0.3 is 5.97 Å². The second kappa shape index (κ2) is 12.6. The normalized spacial score (nSPS) is 39.1. The van der Waals surface area contributed by atoms with Crippen LogP contribution in [0.4, 0.5) is 0 Å². The van der Waals surface area contributed by atoms with Gasteiger partial charge in [-0.2, -0.15) is 12.6 Å². The largest absolute Gasteiger partial charge is 0.480 e. The maximum absolute atomic E-state index is 10.2. The number of aliphatic hydroxyl groups excluding tert-OH is 1. The minimum Gasteiger partial charge on any atom is -0.480 e. The number of aliphatic carboxylic acids is 1. The molecule has 5 heteroatoms. The summed E-state index contributed by atoms with van der Waals surface area (Å²) >= 11 is 3.81. The number of hydrogen-bond acceptors (Lipinski definition) is 4. The van der Waals surface area contributed by atoms with Crippen molar-refractivity contribution in [2.24, 2.45) is 52.1 Å². The van der Waals surface area contributed by atoms with Crippen LogP contribution in [0.25, 0.3) is 0 Å². The van der Waals surface area contributed by atoms with Gasteiger partial charge in [-0.25, -0.2) is 0 Å². The van der Waals surface area contributed by atoms with Crippen LogP contribution in [0.2, 0.25) is 0 Å². The van der Waals surface area contributed by atoms with Crippen LogP contribution in [0.1, 0.15) is 112 Å². The molecule has 0 saturated heterocycles. The van der Waals surface area contributed by atoms with Gasteiger partial charge in [0.15, 0.2) is 0 Å².